The molecular formula is C17H14Cl2O3. The lowest BCUT2D eigenvalue weighted by atomic mass is 10.0. The minimum absolute atomic E-state index is 0.119. The van der Waals surface area contributed by atoms with Gasteiger partial charge in [0.25, 0.3) is 0 Å². The molecule has 2 aromatic carbocycles. The number of hydrogen-bond acceptors (Lipinski definition) is 3. The zero-order valence-electron chi connectivity index (χ0n) is 12.2. The second-order valence-corrected chi connectivity index (χ2v) is 5.70. The van der Waals surface area contributed by atoms with Crippen molar-refractivity contribution >= 4 is 35.0 Å². The Morgan fingerprint density at radius 2 is 1.77 bits per heavy atom. The third kappa shape index (κ3) is 3.67. The van der Waals surface area contributed by atoms with Crippen LogP contribution < -0.4 is 0 Å². The highest BCUT2D eigenvalue weighted by Crippen LogP contribution is 2.26. The predicted molar refractivity (Wildman–Crippen MR) is 87.0 cm³/mol. The van der Waals surface area contributed by atoms with Crippen LogP contribution in [-0.4, -0.2) is 18.4 Å². The van der Waals surface area contributed by atoms with Gasteiger partial charge in [0.2, 0.25) is 5.78 Å². The topological polar surface area (TPSA) is 43.4 Å². The standard InChI is InChI=1S/C17H14Cl2O3/c1-10-6-7-12(11(2)8-10)15(20)9-22-17(21)13-4-3-5-14(18)16(13)19/h3-8H,9H2,1-2H3. The largest absolute Gasteiger partial charge is 0.454 e. The molecule has 0 atom stereocenters. The molecule has 0 N–H and O–H groups in total. The van der Waals surface area contributed by atoms with Crippen molar-refractivity contribution in [3.63, 3.8) is 0 Å². The molecule has 0 saturated carbocycles. The lowest BCUT2D eigenvalue weighted by Gasteiger charge is -2.08. The number of halogens is 2. The number of hydrogen-bond donors (Lipinski definition) is 0. The monoisotopic (exact) mass is 336 g/mol. The van der Waals surface area contributed by atoms with Crippen molar-refractivity contribution in [3.8, 4) is 0 Å². The summed E-state index contributed by atoms with van der Waals surface area (Å²) in [5.41, 5.74) is 2.59. The summed E-state index contributed by atoms with van der Waals surface area (Å²) in [6, 6.07) is 10.1. The molecule has 0 heterocycles. The second-order valence-electron chi connectivity index (χ2n) is 4.92. The quantitative estimate of drug-likeness (QED) is 0.602. The van der Waals surface area contributed by atoms with Crippen LogP contribution in [0.3, 0.4) is 0 Å². The van der Waals surface area contributed by atoms with E-state index >= 15 is 0 Å². The molecule has 0 radical (unpaired) electrons. The number of Topliss-reactive ketones (excluding diaryl/α,β-unsaturated/α-hetero) is 1. The molecule has 22 heavy (non-hydrogen) atoms. The van der Waals surface area contributed by atoms with Crippen LogP contribution in [0, 0.1) is 13.8 Å². The summed E-state index contributed by atoms with van der Waals surface area (Å²) >= 11 is 11.8. The smallest absolute Gasteiger partial charge is 0.340 e. The fraction of sp³-hybridized carbons (Fsp3) is 0.176. The Morgan fingerprint density at radius 3 is 2.45 bits per heavy atom. The van der Waals surface area contributed by atoms with Crippen molar-refractivity contribution in [1.82, 2.24) is 0 Å². The maximum Gasteiger partial charge on any atom is 0.340 e. The number of benzene rings is 2. The summed E-state index contributed by atoms with van der Waals surface area (Å²) in [6.45, 7) is 3.45. The highest BCUT2D eigenvalue weighted by molar-refractivity contribution is 6.43. The van der Waals surface area contributed by atoms with Gasteiger partial charge < -0.3 is 4.74 Å². The average Bonchev–Trinajstić information content (AvgIpc) is 2.47. The summed E-state index contributed by atoms with van der Waals surface area (Å²) in [5, 5.41) is 0.380. The molecule has 2 rings (SSSR count). The highest BCUT2D eigenvalue weighted by Gasteiger charge is 2.17. The SMILES string of the molecule is Cc1ccc(C(=O)COC(=O)c2cccc(Cl)c2Cl)c(C)c1. The molecule has 114 valence electrons. The van der Waals surface area contributed by atoms with Crippen molar-refractivity contribution < 1.29 is 14.3 Å². The van der Waals surface area contributed by atoms with Gasteiger partial charge in [0.05, 0.1) is 15.6 Å². The maximum atomic E-state index is 12.1. The zero-order valence-corrected chi connectivity index (χ0v) is 13.7. The van der Waals surface area contributed by atoms with Crippen LogP contribution >= 0.6 is 23.2 Å². The molecule has 0 aliphatic heterocycles. The van der Waals surface area contributed by atoms with Gasteiger partial charge in [-0.2, -0.15) is 0 Å². The van der Waals surface area contributed by atoms with E-state index in [4.69, 9.17) is 27.9 Å². The lowest BCUT2D eigenvalue weighted by Crippen LogP contribution is -2.15. The molecular weight excluding hydrogens is 323 g/mol. The molecule has 0 amide bonds. The molecule has 0 unspecified atom stereocenters. The zero-order chi connectivity index (χ0) is 16.3. The van der Waals surface area contributed by atoms with Crippen molar-refractivity contribution in [2.75, 3.05) is 6.61 Å². The van der Waals surface area contributed by atoms with Crippen LogP contribution in [0.2, 0.25) is 10.0 Å². The van der Waals surface area contributed by atoms with Crippen LogP contribution in [0.15, 0.2) is 36.4 Å². The Kier molecular flexibility index (Phi) is 5.22. The number of carbonyl (C=O) groups is 2. The van der Waals surface area contributed by atoms with Gasteiger partial charge in [0, 0.05) is 5.56 Å². The van der Waals surface area contributed by atoms with Gasteiger partial charge in [-0.05, 0) is 31.5 Å². The first-order valence-electron chi connectivity index (χ1n) is 6.61. The maximum absolute atomic E-state index is 12.1. The van der Waals surface area contributed by atoms with Gasteiger partial charge in [-0.15, -0.1) is 0 Å². The van der Waals surface area contributed by atoms with E-state index in [2.05, 4.69) is 0 Å². The second kappa shape index (κ2) is 6.95. The number of aryl methyl sites for hydroxylation is 2. The van der Waals surface area contributed by atoms with E-state index < -0.39 is 5.97 Å². The Hall–Kier alpha value is -1.84. The molecule has 3 nitrogen and oxygen atoms in total. The number of rotatable bonds is 4. The van der Waals surface area contributed by atoms with Gasteiger partial charge in [0.15, 0.2) is 6.61 Å². The lowest BCUT2D eigenvalue weighted by molar-refractivity contribution is 0.0474. The van der Waals surface area contributed by atoms with Gasteiger partial charge in [-0.25, -0.2) is 4.79 Å². The van der Waals surface area contributed by atoms with Gasteiger partial charge >= 0.3 is 5.97 Å². The van der Waals surface area contributed by atoms with E-state index in [0.717, 1.165) is 11.1 Å². The summed E-state index contributed by atoms with van der Waals surface area (Å²) < 4.78 is 5.03. The highest BCUT2D eigenvalue weighted by atomic mass is 35.5. The predicted octanol–water partition coefficient (Wildman–Crippen LogP) is 4.65. The summed E-state index contributed by atoms with van der Waals surface area (Å²) in [4.78, 5) is 24.1. The Morgan fingerprint density at radius 1 is 1.05 bits per heavy atom. The molecule has 0 aromatic heterocycles. The fourth-order valence-corrected chi connectivity index (χ4v) is 2.45. The van der Waals surface area contributed by atoms with Gasteiger partial charge in [-0.3, -0.25) is 4.79 Å². The Labute approximate surface area is 138 Å². The first kappa shape index (κ1) is 16.5. The number of esters is 1. The van der Waals surface area contributed by atoms with E-state index in [-0.39, 0.29) is 28.0 Å². The average molecular weight is 337 g/mol. The van der Waals surface area contributed by atoms with Crippen molar-refractivity contribution in [2.45, 2.75) is 13.8 Å². The third-order valence-corrected chi connectivity index (χ3v) is 4.01. The summed E-state index contributed by atoms with van der Waals surface area (Å²) in [7, 11) is 0. The molecule has 5 heteroatoms. The Balaban J connectivity index is 2.07. The van der Waals surface area contributed by atoms with Crippen LogP contribution in [0.4, 0.5) is 0 Å². The number of carbonyl (C=O) groups excluding carboxylic acids is 2. The van der Waals surface area contributed by atoms with Crippen molar-refractivity contribution in [1.29, 1.82) is 0 Å². The van der Waals surface area contributed by atoms with Crippen molar-refractivity contribution in [3.05, 3.63) is 68.7 Å². The van der Waals surface area contributed by atoms with Gasteiger partial charge in [0.1, 0.15) is 0 Å². The normalized spacial score (nSPS) is 10.4. The molecule has 2 aromatic rings. The first-order valence-corrected chi connectivity index (χ1v) is 7.37. The number of ether oxygens (including phenoxy) is 1. The van der Waals surface area contributed by atoms with E-state index in [1.807, 2.05) is 26.0 Å². The molecule has 0 saturated heterocycles. The summed E-state index contributed by atoms with van der Waals surface area (Å²) in [6.07, 6.45) is 0. The van der Waals surface area contributed by atoms with E-state index in [1.54, 1.807) is 18.2 Å². The summed E-state index contributed by atoms with van der Waals surface area (Å²) in [5.74, 6) is -0.936. The minimum Gasteiger partial charge on any atom is -0.454 e. The van der Waals surface area contributed by atoms with E-state index in [9.17, 15) is 9.59 Å². The molecule has 0 fully saturated rings. The number of ketones is 1. The minimum atomic E-state index is -0.675. The molecule has 0 aliphatic rings. The Bertz CT molecular complexity index is 739. The van der Waals surface area contributed by atoms with Crippen molar-refractivity contribution in [2.24, 2.45) is 0 Å². The van der Waals surface area contributed by atoms with E-state index in [1.165, 1.54) is 6.07 Å². The molecule has 0 bridgehead atoms. The van der Waals surface area contributed by atoms with Crippen LogP contribution in [0.1, 0.15) is 31.8 Å². The van der Waals surface area contributed by atoms with E-state index in [0.29, 0.717) is 5.56 Å². The molecule has 0 aliphatic carbocycles. The third-order valence-electron chi connectivity index (χ3n) is 3.19. The molecule has 0 spiro atoms. The van der Waals surface area contributed by atoms with Crippen LogP contribution in [0.25, 0.3) is 0 Å². The van der Waals surface area contributed by atoms with Gasteiger partial charge in [-0.1, -0.05) is 53.0 Å². The first-order chi connectivity index (χ1) is 10.4. The fourth-order valence-electron chi connectivity index (χ4n) is 2.07. The van der Waals surface area contributed by atoms with Crippen LogP contribution in [-0.2, 0) is 4.74 Å². The van der Waals surface area contributed by atoms with Crippen LogP contribution in [0.5, 0.6) is 0 Å².